The molecule has 0 radical (unpaired) electrons. The lowest BCUT2D eigenvalue weighted by Gasteiger charge is -2.04. The third-order valence-corrected chi connectivity index (χ3v) is 3.31. The smallest absolute Gasteiger partial charge is 0.260 e. The number of nitrogens with one attached hydrogen (secondary N) is 1. The van der Waals surface area contributed by atoms with Gasteiger partial charge < -0.3 is 0 Å². The Labute approximate surface area is 99.6 Å². The van der Waals surface area contributed by atoms with Gasteiger partial charge >= 0.3 is 0 Å². The number of carbonyl (C=O) groups is 2. The summed E-state index contributed by atoms with van der Waals surface area (Å²) >= 11 is 3.32. The Kier molecular flexibility index (Phi) is 1.88. The van der Waals surface area contributed by atoms with Crippen LogP contribution in [0.3, 0.4) is 0 Å². The molecule has 0 aromatic heterocycles. The van der Waals surface area contributed by atoms with Gasteiger partial charge in [0.15, 0.2) is 0 Å². The van der Waals surface area contributed by atoms with Crippen LogP contribution in [0.15, 0.2) is 34.8 Å². The molecule has 3 nitrogen and oxygen atoms in total. The minimum absolute atomic E-state index is 0.322. The van der Waals surface area contributed by atoms with Crippen molar-refractivity contribution in [2.24, 2.45) is 0 Å². The summed E-state index contributed by atoms with van der Waals surface area (Å²) in [6.45, 7) is 0. The summed E-state index contributed by atoms with van der Waals surface area (Å²) in [5, 5.41) is 4.06. The maximum absolute atomic E-state index is 11.7. The molecule has 0 fully saturated rings. The summed E-state index contributed by atoms with van der Waals surface area (Å²) in [7, 11) is 0. The average Bonchev–Trinajstić information content (AvgIpc) is 2.55. The van der Waals surface area contributed by atoms with Crippen LogP contribution in [0.25, 0.3) is 10.8 Å². The van der Waals surface area contributed by atoms with E-state index in [0.717, 1.165) is 10.8 Å². The number of hydrogen-bond acceptors (Lipinski definition) is 2. The molecular formula is C12H6BrNO2. The molecule has 1 N–H and O–H groups in total. The van der Waals surface area contributed by atoms with Crippen molar-refractivity contribution in [1.82, 2.24) is 5.32 Å². The topological polar surface area (TPSA) is 46.2 Å². The fourth-order valence-electron chi connectivity index (χ4n) is 2.00. The highest BCUT2D eigenvalue weighted by Crippen LogP contribution is 2.32. The van der Waals surface area contributed by atoms with E-state index in [1.165, 1.54) is 0 Å². The highest BCUT2D eigenvalue weighted by atomic mass is 79.9. The van der Waals surface area contributed by atoms with Crippen LogP contribution in [0.1, 0.15) is 20.7 Å². The Morgan fingerprint density at radius 3 is 2.50 bits per heavy atom. The van der Waals surface area contributed by atoms with Gasteiger partial charge in [0.1, 0.15) is 0 Å². The predicted molar refractivity (Wildman–Crippen MR) is 63.4 cm³/mol. The van der Waals surface area contributed by atoms with Gasteiger partial charge in [0.25, 0.3) is 11.8 Å². The minimum Gasteiger partial charge on any atom is -0.288 e. The van der Waals surface area contributed by atoms with Crippen molar-refractivity contribution in [1.29, 1.82) is 0 Å². The Morgan fingerprint density at radius 2 is 1.69 bits per heavy atom. The molecule has 0 bridgehead atoms. The first kappa shape index (κ1) is 9.54. The number of benzene rings is 2. The number of halogens is 1. The normalized spacial score (nSPS) is 14.1. The SMILES string of the molecule is O=C1NC(=O)c2c1c(Br)cc1ccccc21. The molecule has 0 saturated carbocycles. The Bertz CT molecular complexity index is 649. The summed E-state index contributed by atoms with van der Waals surface area (Å²) in [6, 6.07) is 9.37. The van der Waals surface area contributed by atoms with Gasteiger partial charge in [0.2, 0.25) is 0 Å². The lowest BCUT2D eigenvalue weighted by molar-refractivity contribution is 0.0880. The zero-order chi connectivity index (χ0) is 11.3. The van der Waals surface area contributed by atoms with Gasteiger partial charge in [-0.1, -0.05) is 24.3 Å². The predicted octanol–water partition coefficient (Wildman–Crippen LogP) is 2.49. The van der Waals surface area contributed by atoms with Crippen LogP contribution in [-0.2, 0) is 0 Å². The molecule has 0 atom stereocenters. The van der Waals surface area contributed by atoms with Gasteiger partial charge in [0, 0.05) is 4.47 Å². The number of hydrogen-bond donors (Lipinski definition) is 1. The molecule has 0 unspecified atom stereocenters. The standard InChI is InChI=1S/C12H6BrNO2/c13-8-5-6-3-1-2-4-7(6)9-10(8)12(16)14-11(9)15/h1-5H,(H,14,15,16). The summed E-state index contributed by atoms with van der Waals surface area (Å²) in [6.07, 6.45) is 0. The molecule has 1 aliphatic rings. The fourth-order valence-corrected chi connectivity index (χ4v) is 2.62. The van der Waals surface area contributed by atoms with Crippen LogP contribution in [-0.4, -0.2) is 11.8 Å². The molecule has 2 aromatic rings. The maximum atomic E-state index is 11.7. The van der Waals surface area contributed by atoms with E-state index in [-0.39, 0.29) is 11.8 Å². The first-order chi connectivity index (χ1) is 7.68. The van der Waals surface area contributed by atoms with Crippen molar-refractivity contribution >= 4 is 38.5 Å². The molecule has 16 heavy (non-hydrogen) atoms. The zero-order valence-electron chi connectivity index (χ0n) is 8.08. The molecule has 2 amide bonds. The average molecular weight is 276 g/mol. The number of fused-ring (bicyclic) bond motifs is 3. The number of amides is 2. The van der Waals surface area contributed by atoms with E-state index in [2.05, 4.69) is 21.2 Å². The van der Waals surface area contributed by atoms with Crippen molar-refractivity contribution in [3.05, 3.63) is 45.9 Å². The van der Waals surface area contributed by atoms with Crippen LogP contribution in [0, 0.1) is 0 Å². The molecule has 0 saturated heterocycles. The third-order valence-electron chi connectivity index (χ3n) is 2.68. The summed E-state index contributed by atoms with van der Waals surface area (Å²) in [4.78, 5) is 23.3. The number of carbonyl (C=O) groups excluding carboxylic acids is 2. The van der Waals surface area contributed by atoms with Gasteiger partial charge in [0.05, 0.1) is 11.1 Å². The number of imide groups is 1. The van der Waals surface area contributed by atoms with Gasteiger partial charge in [-0.25, -0.2) is 0 Å². The van der Waals surface area contributed by atoms with Crippen molar-refractivity contribution in [3.8, 4) is 0 Å². The lowest BCUT2D eigenvalue weighted by Crippen LogP contribution is -2.20. The Hall–Kier alpha value is -1.68. The van der Waals surface area contributed by atoms with Crippen LogP contribution in [0.5, 0.6) is 0 Å². The second-order valence-corrected chi connectivity index (χ2v) is 4.47. The monoisotopic (exact) mass is 275 g/mol. The van der Waals surface area contributed by atoms with Gasteiger partial charge in [-0.2, -0.15) is 0 Å². The van der Waals surface area contributed by atoms with Crippen molar-refractivity contribution < 1.29 is 9.59 Å². The van der Waals surface area contributed by atoms with E-state index in [4.69, 9.17) is 0 Å². The minimum atomic E-state index is -0.336. The summed E-state index contributed by atoms with van der Waals surface area (Å²) in [5.41, 5.74) is 0.902. The molecule has 3 rings (SSSR count). The first-order valence-electron chi connectivity index (χ1n) is 4.75. The molecule has 4 heteroatoms. The van der Waals surface area contributed by atoms with E-state index < -0.39 is 0 Å². The highest BCUT2D eigenvalue weighted by Gasteiger charge is 2.30. The van der Waals surface area contributed by atoms with Gasteiger partial charge in [-0.3, -0.25) is 14.9 Å². The molecular weight excluding hydrogens is 270 g/mol. The summed E-state index contributed by atoms with van der Waals surface area (Å²) in [5.74, 6) is -0.657. The molecule has 0 aliphatic carbocycles. The molecule has 1 heterocycles. The Balaban J connectivity index is 2.54. The van der Waals surface area contributed by atoms with E-state index in [9.17, 15) is 9.59 Å². The van der Waals surface area contributed by atoms with E-state index >= 15 is 0 Å². The van der Waals surface area contributed by atoms with Gasteiger partial charge in [-0.15, -0.1) is 0 Å². The quantitative estimate of drug-likeness (QED) is 0.751. The molecule has 78 valence electrons. The number of rotatable bonds is 0. The second kappa shape index (κ2) is 3.15. The first-order valence-corrected chi connectivity index (χ1v) is 5.54. The van der Waals surface area contributed by atoms with E-state index in [1.807, 2.05) is 30.3 Å². The fraction of sp³-hybridized carbons (Fsp3) is 0. The largest absolute Gasteiger partial charge is 0.288 e. The van der Waals surface area contributed by atoms with Crippen molar-refractivity contribution in [2.45, 2.75) is 0 Å². The summed E-state index contributed by atoms with van der Waals surface area (Å²) < 4.78 is 0.657. The molecule has 2 aromatic carbocycles. The zero-order valence-corrected chi connectivity index (χ0v) is 9.67. The van der Waals surface area contributed by atoms with Crippen LogP contribution in [0.2, 0.25) is 0 Å². The van der Waals surface area contributed by atoms with Crippen molar-refractivity contribution in [2.75, 3.05) is 0 Å². The molecule has 1 aliphatic heterocycles. The van der Waals surface area contributed by atoms with E-state index in [0.29, 0.717) is 15.6 Å². The van der Waals surface area contributed by atoms with Crippen LogP contribution < -0.4 is 5.32 Å². The maximum Gasteiger partial charge on any atom is 0.260 e. The van der Waals surface area contributed by atoms with Crippen molar-refractivity contribution in [3.63, 3.8) is 0 Å². The third kappa shape index (κ3) is 1.13. The van der Waals surface area contributed by atoms with Gasteiger partial charge in [-0.05, 0) is 32.8 Å². The second-order valence-electron chi connectivity index (χ2n) is 3.61. The van der Waals surface area contributed by atoms with Crippen LogP contribution in [0.4, 0.5) is 0 Å². The van der Waals surface area contributed by atoms with Crippen LogP contribution >= 0.6 is 15.9 Å². The highest BCUT2D eigenvalue weighted by molar-refractivity contribution is 9.10. The molecule has 0 spiro atoms. The Morgan fingerprint density at radius 1 is 1.00 bits per heavy atom. The van der Waals surface area contributed by atoms with E-state index in [1.54, 1.807) is 0 Å². The lowest BCUT2D eigenvalue weighted by atomic mass is 10.0.